The van der Waals surface area contributed by atoms with E-state index in [2.05, 4.69) is 9.97 Å². The van der Waals surface area contributed by atoms with E-state index in [0.717, 1.165) is 16.8 Å². The number of fused-ring (bicyclic) bond motifs is 1. The molecule has 1 heterocycles. The van der Waals surface area contributed by atoms with Crippen molar-refractivity contribution in [3.63, 3.8) is 0 Å². The van der Waals surface area contributed by atoms with Gasteiger partial charge in [0.1, 0.15) is 11.6 Å². The Balaban J connectivity index is 2.52. The van der Waals surface area contributed by atoms with Gasteiger partial charge in [-0.2, -0.15) is 0 Å². The molecule has 0 fully saturated rings. The second kappa shape index (κ2) is 3.49. The third kappa shape index (κ3) is 1.59. The minimum absolute atomic E-state index is 0.422. The van der Waals surface area contributed by atoms with Crippen molar-refractivity contribution in [1.82, 2.24) is 9.97 Å². The van der Waals surface area contributed by atoms with Crippen molar-refractivity contribution in [2.24, 2.45) is 0 Å². The van der Waals surface area contributed by atoms with E-state index in [4.69, 9.17) is 10.5 Å². The van der Waals surface area contributed by atoms with Gasteiger partial charge in [0.25, 0.3) is 0 Å². The Hall–Kier alpha value is -1.84. The van der Waals surface area contributed by atoms with Crippen molar-refractivity contribution >= 4 is 16.9 Å². The van der Waals surface area contributed by atoms with Crippen LogP contribution in [0.2, 0.25) is 0 Å². The highest BCUT2D eigenvalue weighted by molar-refractivity contribution is 5.76. The Kier molecular flexibility index (Phi) is 2.18. The van der Waals surface area contributed by atoms with Gasteiger partial charge in [0.05, 0.1) is 23.8 Å². The number of hydrogen-bond acceptors (Lipinski definition) is 4. The number of rotatable bonds is 2. The molecule has 1 aromatic carbocycles. The SMILES string of the molecule is CCOc1ccc2ncc(N)nc2c1. The molecule has 0 atom stereocenters. The van der Waals surface area contributed by atoms with Gasteiger partial charge in [0, 0.05) is 6.07 Å². The molecule has 0 amide bonds. The Bertz CT molecular complexity index is 456. The molecule has 2 aromatic rings. The Morgan fingerprint density at radius 2 is 2.21 bits per heavy atom. The second-order valence-electron chi connectivity index (χ2n) is 2.88. The fourth-order valence-corrected chi connectivity index (χ4v) is 1.26. The van der Waals surface area contributed by atoms with E-state index in [1.165, 1.54) is 0 Å². The van der Waals surface area contributed by atoms with Crippen LogP contribution in [0.15, 0.2) is 24.4 Å². The fraction of sp³-hybridized carbons (Fsp3) is 0.200. The first kappa shape index (κ1) is 8.74. The minimum atomic E-state index is 0.422. The molecule has 0 aliphatic rings. The molecule has 14 heavy (non-hydrogen) atoms. The van der Waals surface area contributed by atoms with Crippen molar-refractivity contribution in [2.45, 2.75) is 6.92 Å². The summed E-state index contributed by atoms with van der Waals surface area (Å²) in [4.78, 5) is 8.29. The first-order valence-corrected chi connectivity index (χ1v) is 4.44. The maximum absolute atomic E-state index is 5.53. The monoisotopic (exact) mass is 189 g/mol. The fourth-order valence-electron chi connectivity index (χ4n) is 1.26. The molecular weight excluding hydrogens is 178 g/mol. The average Bonchev–Trinajstić information content (AvgIpc) is 2.17. The normalized spacial score (nSPS) is 10.4. The summed E-state index contributed by atoms with van der Waals surface area (Å²) in [6.07, 6.45) is 1.54. The molecule has 0 saturated heterocycles. The van der Waals surface area contributed by atoms with E-state index in [0.29, 0.717) is 12.4 Å². The Labute approximate surface area is 81.7 Å². The summed E-state index contributed by atoms with van der Waals surface area (Å²) in [7, 11) is 0. The van der Waals surface area contributed by atoms with Gasteiger partial charge in [0.15, 0.2) is 0 Å². The highest BCUT2D eigenvalue weighted by atomic mass is 16.5. The first-order chi connectivity index (χ1) is 6.79. The summed E-state index contributed by atoms with van der Waals surface area (Å²) < 4.78 is 5.35. The predicted octanol–water partition coefficient (Wildman–Crippen LogP) is 1.61. The average molecular weight is 189 g/mol. The summed E-state index contributed by atoms with van der Waals surface area (Å²) in [6.45, 7) is 2.58. The van der Waals surface area contributed by atoms with Gasteiger partial charge in [-0.1, -0.05) is 0 Å². The highest BCUT2D eigenvalue weighted by Gasteiger charge is 1.99. The second-order valence-corrected chi connectivity index (χ2v) is 2.88. The lowest BCUT2D eigenvalue weighted by Gasteiger charge is -2.03. The van der Waals surface area contributed by atoms with Crippen LogP contribution in [0.1, 0.15) is 6.92 Å². The lowest BCUT2D eigenvalue weighted by Crippen LogP contribution is -1.94. The van der Waals surface area contributed by atoms with Gasteiger partial charge >= 0.3 is 0 Å². The van der Waals surface area contributed by atoms with E-state index >= 15 is 0 Å². The van der Waals surface area contributed by atoms with Crippen LogP contribution >= 0.6 is 0 Å². The van der Waals surface area contributed by atoms with Gasteiger partial charge in [0.2, 0.25) is 0 Å². The maximum atomic E-state index is 5.53. The number of nitrogen functional groups attached to an aromatic ring is 1. The molecule has 72 valence electrons. The van der Waals surface area contributed by atoms with E-state index < -0.39 is 0 Å². The lowest BCUT2D eigenvalue weighted by molar-refractivity contribution is 0.340. The highest BCUT2D eigenvalue weighted by Crippen LogP contribution is 2.18. The molecule has 0 aliphatic carbocycles. The standard InChI is InChI=1S/C10H11N3O/c1-2-14-7-3-4-8-9(5-7)13-10(11)6-12-8/h3-6H,2H2,1H3,(H2,11,13). The van der Waals surface area contributed by atoms with Crippen LogP contribution in [0.5, 0.6) is 5.75 Å². The van der Waals surface area contributed by atoms with Crippen molar-refractivity contribution in [3.05, 3.63) is 24.4 Å². The van der Waals surface area contributed by atoms with Crippen LogP contribution in [0.4, 0.5) is 5.82 Å². The lowest BCUT2D eigenvalue weighted by atomic mass is 10.3. The Morgan fingerprint density at radius 3 is 3.00 bits per heavy atom. The molecule has 4 nitrogen and oxygen atoms in total. The summed E-state index contributed by atoms with van der Waals surface area (Å²) >= 11 is 0. The summed E-state index contributed by atoms with van der Waals surface area (Å²) in [5.41, 5.74) is 7.12. The number of nitrogens with two attached hydrogens (primary N) is 1. The molecule has 1 aromatic heterocycles. The molecule has 0 radical (unpaired) electrons. The van der Waals surface area contributed by atoms with Gasteiger partial charge in [-0.05, 0) is 19.1 Å². The van der Waals surface area contributed by atoms with Gasteiger partial charge < -0.3 is 10.5 Å². The van der Waals surface area contributed by atoms with Crippen molar-refractivity contribution in [2.75, 3.05) is 12.3 Å². The zero-order chi connectivity index (χ0) is 9.97. The number of hydrogen-bond donors (Lipinski definition) is 1. The molecular formula is C10H11N3O. The molecule has 0 spiro atoms. The van der Waals surface area contributed by atoms with Crippen LogP contribution in [0, 0.1) is 0 Å². The quantitative estimate of drug-likeness (QED) is 0.779. The minimum Gasteiger partial charge on any atom is -0.494 e. The van der Waals surface area contributed by atoms with E-state index in [9.17, 15) is 0 Å². The van der Waals surface area contributed by atoms with Crippen LogP contribution in [-0.2, 0) is 0 Å². The topological polar surface area (TPSA) is 61.0 Å². The summed E-state index contributed by atoms with van der Waals surface area (Å²) in [5, 5.41) is 0. The molecule has 2 rings (SSSR count). The summed E-state index contributed by atoms with van der Waals surface area (Å²) in [5.74, 6) is 1.21. The van der Waals surface area contributed by atoms with Crippen LogP contribution in [0.3, 0.4) is 0 Å². The van der Waals surface area contributed by atoms with Crippen LogP contribution < -0.4 is 10.5 Å². The van der Waals surface area contributed by atoms with Gasteiger partial charge in [-0.3, -0.25) is 4.98 Å². The van der Waals surface area contributed by atoms with Crippen molar-refractivity contribution < 1.29 is 4.74 Å². The zero-order valence-electron chi connectivity index (χ0n) is 7.90. The van der Waals surface area contributed by atoms with E-state index in [1.54, 1.807) is 6.20 Å². The number of nitrogens with zero attached hydrogens (tertiary/aromatic N) is 2. The number of aromatic nitrogens is 2. The van der Waals surface area contributed by atoms with Crippen molar-refractivity contribution in [3.8, 4) is 5.75 Å². The molecule has 0 saturated carbocycles. The molecule has 0 bridgehead atoms. The third-order valence-corrected chi connectivity index (χ3v) is 1.84. The van der Waals surface area contributed by atoms with E-state index in [-0.39, 0.29) is 0 Å². The van der Waals surface area contributed by atoms with Crippen LogP contribution in [0.25, 0.3) is 11.0 Å². The Morgan fingerprint density at radius 1 is 1.36 bits per heavy atom. The molecule has 4 heteroatoms. The summed E-state index contributed by atoms with van der Waals surface area (Å²) in [6, 6.07) is 5.58. The van der Waals surface area contributed by atoms with E-state index in [1.807, 2.05) is 25.1 Å². The molecule has 0 aliphatic heterocycles. The number of benzene rings is 1. The third-order valence-electron chi connectivity index (χ3n) is 1.84. The zero-order valence-corrected chi connectivity index (χ0v) is 7.90. The van der Waals surface area contributed by atoms with Gasteiger partial charge in [-0.25, -0.2) is 4.98 Å². The van der Waals surface area contributed by atoms with Crippen LogP contribution in [-0.4, -0.2) is 16.6 Å². The smallest absolute Gasteiger partial charge is 0.142 e. The molecule has 2 N–H and O–H groups in total. The predicted molar refractivity (Wildman–Crippen MR) is 55.1 cm³/mol. The largest absolute Gasteiger partial charge is 0.494 e. The number of ether oxygens (including phenoxy) is 1. The maximum Gasteiger partial charge on any atom is 0.142 e. The number of anilines is 1. The van der Waals surface area contributed by atoms with Crippen molar-refractivity contribution in [1.29, 1.82) is 0 Å². The first-order valence-electron chi connectivity index (χ1n) is 4.44. The van der Waals surface area contributed by atoms with Gasteiger partial charge in [-0.15, -0.1) is 0 Å². The molecule has 0 unspecified atom stereocenters.